The highest BCUT2D eigenvalue weighted by Crippen LogP contribution is 2.19. The highest BCUT2D eigenvalue weighted by atomic mass is 32.1. The van der Waals surface area contributed by atoms with E-state index in [2.05, 4.69) is 49.8 Å². The van der Waals surface area contributed by atoms with E-state index >= 15 is 0 Å². The van der Waals surface area contributed by atoms with Gasteiger partial charge in [-0.05, 0) is 13.8 Å². The Hall–Kier alpha value is -0.810. The SMILES string of the molecule is Cc1cnc(C(C)C)s1.Cc1nnc(C(C)C)s1. The molecule has 0 unspecified atom stereocenters. The third kappa shape index (κ3) is 4.82. The fourth-order valence-corrected chi connectivity index (χ4v) is 2.66. The Labute approximate surface area is 117 Å². The lowest BCUT2D eigenvalue weighted by Crippen LogP contribution is -1.83. The fraction of sp³-hybridized carbons (Fsp3) is 0.615. The molecular formula is C13H21N3S2. The van der Waals surface area contributed by atoms with Crippen LogP contribution in [0.1, 0.15) is 59.4 Å². The van der Waals surface area contributed by atoms with Gasteiger partial charge in [-0.25, -0.2) is 4.98 Å². The van der Waals surface area contributed by atoms with E-state index in [4.69, 9.17) is 0 Å². The summed E-state index contributed by atoms with van der Waals surface area (Å²) in [5, 5.41) is 11.3. The molecule has 0 spiro atoms. The summed E-state index contributed by atoms with van der Waals surface area (Å²) < 4.78 is 0. The number of nitrogens with zero attached hydrogens (tertiary/aromatic N) is 3. The lowest BCUT2D eigenvalue weighted by Gasteiger charge is -1.94. The van der Waals surface area contributed by atoms with E-state index in [1.165, 1.54) is 9.88 Å². The van der Waals surface area contributed by atoms with Gasteiger partial charge in [0.05, 0.1) is 5.01 Å². The summed E-state index contributed by atoms with van der Waals surface area (Å²) in [5.74, 6) is 1.11. The van der Waals surface area contributed by atoms with Crippen LogP contribution in [-0.4, -0.2) is 15.2 Å². The van der Waals surface area contributed by atoms with Crippen molar-refractivity contribution in [3.05, 3.63) is 26.1 Å². The van der Waals surface area contributed by atoms with E-state index in [1.807, 2.05) is 13.1 Å². The maximum atomic E-state index is 4.23. The van der Waals surface area contributed by atoms with Crippen LogP contribution in [0.3, 0.4) is 0 Å². The van der Waals surface area contributed by atoms with Gasteiger partial charge in [-0.1, -0.05) is 27.7 Å². The van der Waals surface area contributed by atoms with Crippen molar-refractivity contribution in [1.82, 2.24) is 15.2 Å². The highest BCUT2D eigenvalue weighted by Gasteiger charge is 2.03. The van der Waals surface area contributed by atoms with E-state index in [9.17, 15) is 0 Å². The monoisotopic (exact) mass is 283 g/mol. The van der Waals surface area contributed by atoms with Gasteiger partial charge in [-0.3, -0.25) is 0 Å². The smallest absolute Gasteiger partial charge is 0.119 e. The average molecular weight is 283 g/mol. The maximum Gasteiger partial charge on any atom is 0.119 e. The summed E-state index contributed by atoms with van der Waals surface area (Å²) >= 11 is 3.46. The molecule has 2 heterocycles. The van der Waals surface area contributed by atoms with Gasteiger partial charge in [0.1, 0.15) is 10.0 Å². The number of hydrogen-bond donors (Lipinski definition) is 0. The fourth-order valence-electron chi connectivity index (χ4n) is 1.18. The quantitative estimate of drug-likeness (QED) is 0.812. The first-order valence-corrected chi connectivity index (χ1v) is 7.75. The van der Waals surface area contributed by atoms with Crippen molar-refractivity contribution in [3.63, 3.8) is 0 Å². The molecule has 0 aromatic carbocycles. The molecule has 0 saturated carbocycles. The van der Waals surface area contributed by atoms with Gasteiger partial charge in [0, 0.05) is 22.9 Å². The predicted molar refractivity (Wildman–Crippen MR) is 79.7 cm³/mol. The van der Waals surface area contributed by atoms with Crippen molar-refractivity contribution in [3.8, 4) is 0 Å². The molecule has 2 rings (SSSR count). The van der Waals surface area contributed by atoms with Crippen LogP contribution >= 0.6 is 22.7 Å². The highest BCUT2D eigenvalue weighted by molar-refractivity contribution is 7.11. The second-order valence-corrected chi connectivity index (χ2v) is 7.26. The Bertz CT molecular complexity index is 428. The van der Waals surface area contributed by atoms with Crippen LogP contribution in [-0.2, 0) is 0 Å². The molecule has 0 saturated heterocycles. The van der Waals surface area contributed by atoms with Crippen LogP contribution in [0.25, 0.3) is 0 Å². The van der Waals surface area contributed by atoms with E-state index in [1.54, 1.807) is 22.7 Å². The summed E-state index contributed by atoms with van der Waals surface area (Å²) in [6.07, 6.45) is 1.93. The molecule has 0 aliphatic rings. The second kappa shape index (κ2) is 6.95. The third-order valence-electron chi connectivity index (χ3n) is 2.17. The summed E-state index contributed by atoms with van der Waals surface area (Å²) in [6.45, 7) is 12.6. The molecule has 3 nitrogen and oxygen atoms in total. The number of hydrogen-bond acceptors (Lipinski definition) is 5. The summed E-state index contributed by atoms with van der Waals surface area (Å²) in [5.41, 5.74) is 0. The molecule has 0 N–H and O–H groups in total. The zero-order valence-corrected chi connectivity index (χ0v) is 13.5. The minimum atomic E-state index is 0.524. The van der Waals surface area contributed by atoms with Crippen LogP contribution in [0.5, 0.6) is 0 Å². The Morgan fingerprint density at radius 3 is 1.72 bits per heavy atom. The largest absolute Gasteiger partial charge is 0.249 e. The molecule has 2 aromatic rings. The summed E-state index contributed by atoms with van der Waals surface area (Å²) in [7, 11) is 0. The van der Waals surface area contributed by atoms with Crippen molar-refractivity contribution < 1.29 is 0 Å². The van der Waals surface area contributed by atoms with Gasteiger partial charge in [-0.15, -0.1) is 32.9 Å². The first-order chi connectivity index (χ1) is 8.40. The van der Waals surface area contributed by atoms with Gasteiger partial charge < -0.3 is 0 Å². The maximum absolute atomic E-state index is 4.23. The lowest BCUT2D eigenvalue weighted by molar-refractivity contribution is 0.822. The van der Waals surface area contributed by atoms with Gasteiger partial charge in [0.25, 0.3) is 0 Å². The van der Waals surface area contributed by atoms with E-state index in [-0.39, 0.29) is 0 Å². The molecule has 0 atom stereocenters. The topological polar surface area (TPSA) is 38.7 Å². The van der Waals surface area contributed by atoms with Crippen LogP contribution in [0.4, 0.5) is 0 Å². The van der Waals surface area contributed by atoms with Crippen LogP contribution < -0.4 is 0 Å². The number of thiazole rings is 1. The van der Waals surface area contributed by atoms with Crippen LogP contribution in [0, 0.1) is 13.8 Å². The third-order valence-corrected chi connectivity index (χ3v) is 4.52. The van der Waals surface area contributed by atoms with E-state index < -0.39 is 0 Å². The van der Waals surface area contributed by atoms with Gasteiger partial charge in [-0.2, -0.15) is 0 Å². The molecule has 2 aromatic heterocycles. The van der Waals surface area contributed by atoms with Crippen molar-refractivity contribution >= 4 is 22.7 Å². The number of aromatic nitrogens is 3. The first kappa shape index (κ1) is 15.2. The van der Waals surface area contributed by atoms with Crippen LogP contribution in [0.15, 0.2) is 6.20 Å². The average Bonchev–Trinajstić information content (AvgIpc) is 2.88. The first-order valence-electron chi connectivity index (χ1n) is 6.12. The normalized spacial score (nSPS) is 10.7. The molecule has 18 heavy (non-hydrogen) atoms. The molecule has 0 radical (unpaired) electrons. The number of aryl methyl sites for hydroxylation is 2. The van der Waals surface area contributed by atoms with Gasteiger partial charge >= 0.3 is 0 Å². The zero-order valence-electron chi connectivity index (χ0n) is 11.9. The van der Waals surface area contributed by atoms with Gasteiger partial charge in [0.15, 0.2) is 0 Å². The van der Waals surface area contributed by atoms with E-state index in [0.29, 0.717) is 11.8 Å². The summed E-state index contributed by atoms with van der Waals surface area (Å²) in [4.78, 5) is 5.54. The molecule has 0 fully saturated rings. The predicted octanol–water partition coefficient (Wildman–Crippen LogP) is 4.54. The Balaban J connectivity index is 0.000000180. The second-order valence-electron chi connectivity index (χ2n) is 4.78. The summed E-state index contributed by atoms with van der Waals surface area (Å²) in [6, 6.07) is 0. The molecule has 100 valence electrons. The molecule has 0 aliphatic carbocycles. The molecule has 5 heteroatoms. The van der Waals surface area contributed by atoms with Crippen molar-refractivity contribution in [1.29, 1.82) is 0 Å². The zero-order chi connectivity index (χ0) is 13.7. The molecule has 0 aliphatic heterocycles. The Morgan fingerprint density at radius 2 is 1.50 bits per heavy atom. The minimum Gasteiger partial charge on any atom is -0.249 e. The molecule has 0 amide bonds. The van der Waals surface area contributed by atoms with Crippen molar-refractivity contribution in [2.75, 3.05) is 0 Å². The standard InChI is InChI=1S/C7H11NS.C6H10N2S/c1-5(2)7-8-4-6(3)9-7;1-4(2)6-8-7-5(3)9-6/h4-5H,1-3H3;4H,1-3H3. The van der Waals surface area contributed by atoms with Crippen molar-refractivity contribution in [2.45, 2.75) is 53.4 Å². The molecular weight excluding hydrogens is 262 g/mol. The lowest BCUT2D eigenvalue weighted by atomic mass is 10.2. The van der Waals surface area contributed by atoms with Crippen molar-refractivity contribution in [2.24, 2.45) is 0 Å². The Morgan fingerprint density at radius 1 is 0.889 bits per heavy atom. The number of rotatable bonds is 2. The Kier molecular flexibility index (Phi) is 5.88. The minimum absolute atomic E-state index is 0.524. The van der Waals surface area contributed by atoms with Gasteiger partial charge in [0.2, 0.25) is 0 Å². The van der Waals surface area contributed by atoms with E-state index in [0.717, 1.165) is 10.0 Å². The molecule has 0 bridgehead atoms. The van der Waals surface area contributed by atoms with Crippen LogP contribution in [0.2, 0.25) is 0 Å².